The molecule has 0 radical (unpaired) electrons. The lowest BCUT2D eigenvalue weighted by Crippen LogP contribution is -2.24. The highest BCUT2D eigenvalue weighted by molar-refractivity contribution is 6.30. The second-order valence-corrected chi connectivity index (χ2v) is 5.61. The van der Waals surface area contributed by atoms with Crippen LogP contribution in [0.3, 0.4) is 0 Å². The summed E-state index contributed by atoms with van der Waals surface area (Å²) in [6.45, 7) is 4.37. The highest BCUT2D eigenvalue weighted by atomic mass is 35.5. The van der Waals surface area contributed by atoms with Crippen molar-refractivity contribution in [1.82, 2.24) is 5.32 Å². The predicted molar refractivity (Wildman–Crippen MR) is 89.0 cm³/mol. The van der Waals surface area contributed by atoms with Crippen molar-refractivity contribution < 1.29 is 4.74 Å². The Hall–Kier alpha value is -1.51. The van der Waals surface area contributed by atoms with E-state index in [2.05, 4.69) is 43.4 Å². The van der Waals surface area contributed by atoms with Crippen LogP contribution in [0.1, 0.15) is 43.5 Å². The molecule has 21 heavy (non-hydrogen) atoms. The summed E-state index contributed by atoms with van der Waals surface area (Å²) in [5.74, 6) is 0.885. The molecule has 2 aromatic carbocycles. The van der Waals surface area contributed by atoms with Gasteiger partial charge in [-0.2, -0.15) is 0 Å². The van der Waals surface area contributed by atoms with Gasteiger partial charge in [0.2, 0.25) is 0 Å². The number of methoxy groups -OCH3 is 1. The van der Waals surface area contributed by atoms with Crippen molar-refractivity contribution in [3.8, 4) is 5.75 Å². The van der Waals surface area contributed by atoms with E-state index in [0.29, 0.717) is 6.04 Å². The molecular formula is C18H22ClNO. The third-order valence-electron chi connectivity index (χ3n) is 3.75. The van der Waals surface area contributed by atoms with E-state index in [4.69, 9.17) is 16.3 Å². The lowest BCUT2D eigenvalue weighted by molar-refractivity contribution is 0.413. The molecule has 0 aliphatic heterocycles. The molecule has 0 saturated carbocycles. The zero-order valence-electron chi connectivity index (χ0n) is 12.8. The minimum absolute atomic E-state index is 0.275. The summed E-state index contributed by atoms with van der Waals surface area (Å²) >= 11 is 5.96. The fourth-order valence-electron chi connectivity index (χ4n) is 2.44. The molecule has 0 amide bonds. The van der Waals surface area contributed by atoms with Crippen LogP contribution in [0.15, 0.2) is 48.5 Å². The second-order valence-electron chi connectivity index (χ2n) is 5.17. The van der Waals surface area contributed by atoms with Crippen LogP contribution in [0.4, 0.5) is 0 Å². The third kappa shape index (κ3) is 4.23. The molecule has 0 fully saturated rings. The number of rotatable bonds is 6. The van der Waals surface area contributed by atoms with Crippen molar-refractivity contribution in [3.05, 3.63) is 64.7 Å². The number of halogens is 1. The molecule has 1 N–H and O–H groups in total. The van der Waals surface area contributed by atoms with Gasteiger partial charge in [0.05, 0.1) is 7.11 Å². The fraction of sp³-hybridized carbons (Fsp3) is 0.333. The Labute approximate surface area is 132 Å². The van der Waals surface area contributed by atoms with Gasteiger partial charge in [-0.05, 0) is 48.7 Å². The van der Waals surface area contributed by atoms with E-state index in [1.807, 2.05) is 24.3 Å². The molecular weight excluding hydrogens is 282 g/mol. The van der Waals surface area contributed by atoms with Crippen LogP contribution >= 0.6 is 11.6 Å². The van der Waals surface area contributed by atoms with Gasteiger partial charge in [-0.25, -0.2) is 0 Å². The molecule has 3 heteroatoms. The molecule has 0 aliphatic rings. The van der Waals surface area contributed by atoms with Crippen LogP contribution in [0.25, 0.3) is 0 Å². The molecule has 0 bridgehead atoms. The van der Waals surface area contributed by atoms with Crippen LogP contribution in [0, 0.1) is 0 Å². The molecule has 112 valence electrons. The molecule has 2 nitrogen and oxygen atoms in total. The van der Waals surface area contributed by atoms with E-state index in [-0.39, 0.29) is 6.04 Å². The van der Waals surface area contributed by atoms with Gasteiger partial charge in [0.1, 0.15) is 5.75 Å². The predicted octanol–water partition coefficient (Wildman–Crippen LogP) is 5.15. The van der Waals surface area contributed by atoms with Crippen molar-refractivity contribution in [3.63, 3.8) is 0 Å². The Morgan fingerprint density at radius 2 is 1.57 bits per heavy atom. The molecule has 2 rings (SSSR count). The van der Waals surface area contributed by atoms with Gasteiger partial charge in [0, 0.05) is 17.1 Å². The first-order valence-corrected chi connectivity index (χ1v) is 7.67. The Morgan fingerprint density at radius 3 is 2.10 bits per heavy atom. The van der Waals surface area contributed by atoms with E-state index in [9.17, 15) is 0 Å². The summed E-state index contributed by atoms with van der Waals surface area (Å²) in [6.07, 6.45) is 1.03. The lowest BCUT2D eigenvalue weighted by atomic mass is 10.0. The first kappa shape index (κ1) is 15.9. The van der Waals surface area contributed by atoms with Crippen LogP contribution in [-0.2, 0) is 0 Å². The first-order chi connectivity index (χ1) is 10.1. The molecule has 2 atom stereocenters. The van der Waals surface area contributed by atoms with Gasteiger partial charge < -0.3 is 10.1 Å². The summed E-state index contributed by atoms with van der Waals surface area (Å²) in [4.78, 5) is 0. The first-order valence-electron chi connectivity index (χ1n) is 7.29. The van der Waals surface area contributed by atoms with Gasteiger partial charge in [-0.3, -0.25) is 0 Å². The third-order valence-corrected chi connectivity index (χ3v) is 4.00. The maximum atomic E-state index is 5.96. The van der Waals surface area contributed by atoms with Crippen molar-refractivity contribution in [1.29, 1.82) is 0 Å². The molecule has 2 aromatic rings. The monoisotopic (exact) mass is 303 g/mol. The quantitative estimate of drug-likeness (QED) is 0.796. The maximum absolute atomic E-state index is 5.96. The minimum Gasteiger partial charge on any atom is -0.497 e. The number of nitrogens with one attached hydrogen (secondary N) is 1. The number of hydrogen-bond donors (Lipinski definition) is 1. The largest absolute Gasteiger partial charge is 0.497 e. The maximum Gasteiger partial charge on any atom is 0.118 e. The van der Waals surface area contributed by atoms with E-state index < -0.39 is 0 Å². The summed E-state index contributed by atoms with van der Waals surface area (Å²) < 4.78 is 5.20. The van der Waals surface area contributed by atoms with Crippen LogP contribution in [0.2, 0.25) is 5.02 Å². The molecule has 1 unspecified atom stereocenters. The Morgan fingerprint density at radius 1 is 1.00 bits per heavy atom. The highest BCUT2D eigenvalue weighted by Gasteiger charge is 2.13. The standard InChI is InChI=1S/C18H22ClNO/c1-4-18(15-5-9-16(19)10-6-15)20-13(2)14-7-11-17(21-3)12-8-14/h5-13,18,20H,4H2,1-3H3/t13-,18?/m1/s1. The second kappa shape index (κ2) is 7.48. The van der Waals surface area contributed by atoms with E-state index in [1.54, 1.807) is 7.11 Å². The minimum atomic E-state index is 0.275. The smallest absolute Gasteiger partial charge is 0.118 e. The Bertz CT molecular complexity index is 550. The lowest BCUT2D eigenvalue weighted by Gasteiger charge is -2.23. The SMILES string of the molecule is CCC(N[C@H](C)c1ccc(OC)cc1)c1ccc(Cl)cc1. The molecule has 0 spiro atoms. The van der Waals surface area contributed by atoms with E-state index in [0.717, 1.165) is 17.2 Å². The molecule has 0 aromatic heterocycles. The summed E-state index contributed by atoms with van der Waals surface area (Å²) in [6, 6.07) is 16.9. The zero-order chi connectivity index (χ0) is 15.2. The molecule has 0 saturated heterocycles. The van der Waals surface area contributed by atoms with E-state index >= 15 is 0 Å². The Kier molecular flexibility index (Phi) is 5.66. The number of ether oxygens (including phenoxy) is 1. The fourth-order valence-corrected chi connectivity index (χ4v) is 2.56. The van der Waals surface area contributed by atoms with Crippen molar-refractivity contribution in [2.75, 3.05) is 7.11 Å². The average molecular weight is 304 g/mol. The van der Waals surface area contributed by atoms with Crippen molar-refractivity contribution >= 4 is 11.6 Å². The summed E-state index contributed by atoms with van der Waals surface area (Å²) in [7, 11) is 1.68. The van der Waals surface area contributed by atoms with Crippen LogP contribution in [-0.4, -0.2) is 7.11 Å². The summed E-state index contributed by atoms with van der Waals surface area (Å²) in [5.41, 5.74) is 2.52. The normalized spacial score (nSPS) is 13.7. The summed E-state index contributed by atoms with van der Waals surface area (Å²) in [5, 5.41) is 4.45. The highest BCUT2D eigenvalue weighted by Crippen LogP contribution is 2.24. The topological polar surface area (TPSA) is 21.3 Å². The number of benzene rings is 2. The van der Waals surface area contributed by atoms with Crippen molar-refractivity contribution in [2.24, 2.45) is 0 Å². The molecule has 0 heterocycles. The van der Waals surface area contributed by atoms with Gasteiger partial charge >= 0.3 is 0 Å². The van der Waals surface area contributed by atoms with E-state index in [1.165, 1.54) is 11.1 Å². The van der Waals surface area contributed by atoms with Crippen molar-refractivity contribution in [2.45, 2.75) is 32.4 Å². The zero-order valence-corrected chi connectivity index (χ0v) is 13.5. The van der Waals surface area contributed by atoms with Gasteiger partial charge in [0.15, 0.2) is 0 Å². The van der Waals surface area contributed by atoms with Gasteiger partial charge in [-0.1, -0.05) is 42.8 Å². The Balaban J connectivity index is 2.08. The van der Waals surface area contributed by atoms with Gasteiger partial charge in [-0.15, -0.1) is 0 Å². The number of hydrogen-bond acceptors (Lipinski definition) is 2. The van der Waals surface area contributed by atoms with Gasteiger partial charge in [0.25, 0.3) is 0 Å². The van der Waals surface area contributed by atoms with Crippen LogP contribution in [0.5, 0.6) is 5.75 Å². The molecule has 0 aliphatic carbocycles. The van der Waals surface area contributed by atoms with Crippen LogP contribution < -0.4 is 10.1 Å². The average Bonchev–Trinajstić information content (AvgIpc) is 2.53.